The van der Waals surface area contributed by atoms with Gasteiger partial charge in [0.25, 0.3) is 0 Å². The van der Waals surface area contributed by atoms with Crippen molar-refractivity contribution in [2.45, 2.75) is 77.0 Å². The molecule has 0 aromatic heterocycles. The van der Waals surface area contributed by atoms with Crippen molar-refractivity contribution in [1.29, 1.82) is 0 Å². The second-order valence-corrected chi connectivity index (χ2v) is 9.96. The van der Waals surface area contributed by atoms with Crippen molar-refractivity contribution >= 4 is 23.9 Å². The number of ether oxygens (including phenoxy) is 3. The lowest BCUT2D eigenvalue weighted by Crippen LogP contribution is -2.39. The topological polar surface area (TPSA) is 116 Å². The standard InChI is InChI=1S/C12H18O4.C11H16O4/c1-15-9(13)11-4-3-5-12(8-11,7-6-11)10(14)16-2;1-15-9(14)11-4-2-3-10(7-11,5-6-11)8(12)13/h3-8H2,1-2H3;2-7H2,1H3,(H,12,13). The molecular formula is C23H34O8. The Labute approximate surface area is 183 Å². The van der Waals surface area contributed by atoms with E-state index in [-0.39, 0.29) is 17.9 Å². The molecule has 0 aromatic carbocycles. The van der Waals surface area contributed by atoms with Gasteiger partial charge in [0.15, 0.2) is 0 Å². The summed E-state index contributed by atoms with van der Waals surface area (Å²) in [5.41, 5.74) is -1.97. The first-order valence-electron chi connectivity index (χ1n) is 11.1. The maximum atomic E-state index is 11.8. The molecule has 4 aliphatic carbocycles. The second-order valence-electron chi connectivity index (χ2n) is 9.96. The predicted octanol–water partition coefficient (Wildman–Crippen LogP) is 3.26. The minimum absolute atomic E-state index is 0.155. The summed E-state index contributed by atoms with van der Waals surface area (Å²) in [4.78, 5) is 46.6. The molecule has 4 atom stereocenters. The van der Waals surface area contributed by atoms with Crippen molar-refractivity contribution in [1.82, 2.24) is 0 Å². The third kappa shape index (κ3) is 3.82. The highest BCUT2D eigenvalue weighted by Crippen LogP contribution is 2.60. The summed E-state index contributed by atoms with van der Waals surface area (Å²) in [5.74, 6) is -1.27. The summed E-state index contributed by atoms with van der Waals surface area (Å²) in [6.07, 6.45) is 8.81. The van der Waals surface area contributed by atoms with Gasteiger partial charge in [-0.15, -0.1) is 0 Å². The van der Waals surface area contributed by atoms with Gasteiger partial charge in [-0.2, -0.15) is 0 Å². The Kier molecular flexibility index (Phi) is 6.40. The highest BCUT2D eigenvalue weighted by molar-refractivity contribution is 5.83. The van der Waals surface area contributed by atoms with Crippen molar-refractivity contribution < 1.29 is 38.5 Å². The van der Waals surface area contributed by atoms with E-state index in [1.54, 1.807) is 0 Å². The molecule has 4 rings (SSSR count). The Morgan fingerprint density at radius 1 is 0.548 bits per heavy atom. The Morgan fingerprint density at radius 2 is 0.839 bits per heavy atom. The lowest BCUT2D eigenvalue weighted by molar-refractivity contribution is -0.161. The highest BCUT2D eigenvalue weighted by Gasteiger charge is 2.60. The molecule has 0 amide bonds. The van der Waals surface area contributed by atoms with Crippen LogP contribution >= 0.6 is 0 Å². The van der Waals surface area contributed by atoms with E-state index >= 15 is 0 Å². The minimum Gasteiger partial charge on any atom is -0.481 e. The number of hydrogen-bond acceptors (Lipinski definition) is 7. The fourth-order valence-electron chi connectivity index (χ4n) is 6.76. The number of aliphatic carboxylic acids is 1. The zero-order valence-corrected chi connectivity index (χ0v) is 18.8. The average Bonchev–Trinajstić information content (AvgIpc) is 3.24. The van der Waals surface area contributed by atoms with Gasteiger partial charge >= 0.3 is 23.9 Å². The van der Waals surface area contributed by atoms with Crippen molar-refractivity contribution in [3.63, 3.8) is 0 Å². The van der Waals surface area contributed by atoms with Crippen LogP contribution in [0.3, 0.4) is 0 Å². The average molecular weight is 439 g/mol. The number of carbonyl (C=O) groups is 4. The Hall–Kier alpha value is -2.12. The normalized spacial score (nSPS) is 37.8. The summed E-state index contributed by atoms with van der Waals surface area (Å²) in [6.45, 7) is 0. The molecule has 0 radical (unpaired) electrons. The molecule has 174 valence electrons. The summed E-state index contributed by atoms with van der Waals surface area (Å²) < 4.78 is 14.6. The lowest BCUT2D eigenvalue weighted by Gasteiger charge is -2.35. The van der Waals surface area contributed by atoms with E-state index in [1.807, 2.05) is 0 Å². The third-order valence-electron chi connectivity index (χ3n) is 8.45. The van der Waals surface area contributed by atoms with E-state index in [9.17, 15) is 24.3 Å². The van der Waals surface area contributed by atoms with Crippen LogP contribution in [0, 0.1) is 21.7 Å². The minimum atomic E-state index is -0.743. The molecule has 0 heterocycles. The van der Waals surface area contributed by atoms with Gasteiger partial charge in [0.05, 0.1) is 43.0 Å². The molecule has 8 heteroatoms. The van der Waals surface area contributed by atoms with Gasteiger partial charge in [-0.1, -0.05) is 12.8 Å². The van der Waals surface area contributed by atoms with Crippen molar-refractivity contribution in [2.24, 2.45) is 21.7 Å². The van der Waals surface area contributed by atoms with Crippen LogP contribution in [0.1, 0.15) is 77.0 Å². The molecule has 4 unspecified atom stereocenters. The summed E-state index contributed by atoms with van der Waals surface area (Å²) in [6, 6.07) is 0. The zero-order valence-electron chi connectivity index (χ0n) is 18.8. The van der Waals surface area contributed by atoms with Gasteiger partial charge in [-0.25, -0.2) is 0 Å². The van der Waals surface area contributed by atoms with E-state index in [4.69, 9.17) is 14.2 Å². The van der Waals surface area contributed by atoms with Gasteiger partial charge in [-0.3, -0.25) is 19.2 Å². The molecule has 0 aliphatic heterocycles. The van der Waals surface area contributed by atoms with E-state index in [1.165, 1.54) is 21.3 Å². The quantitative estimate of drug-likeness (QED) is 0.525. The van der Waals surface area contributed by atoms with E-state index in [0.717, 1.165) is 44.9 Å². The van der Waals surface area contributed by atoms with Crippen LogP contribution in [0.4, 0.5) is 0 Å². The van der Waals surface area contributed by atoms with Crippen molar-refractivity contribution in [3.05, 3.63) is 0 Å². The molecule has 8 nitrogen and oxygen atoms in total. The smallest absolute Gasteiger partial charge is 0.311 e. The fraction of sp³-hybridized carbons (Fsp3) is 0.826. The number of rotatable bonds is 4. The first kappa shape index (κ1) is 23.5. The molecule has 1 N–H and O–H groups in total. The SMILES string of the molecule is COC(=O)C12CCCC(C(=O)O)(CC1)C2.COC(=O)C12CCCC(C(=O)OC)(CC1)C2. The van der Waals surface area contributed by atoms with Crippen LogP contribution in [0.25, 0.3) is 0 Å². The Bertz CT molecular complexity index is 733. The molecule has 4 bridgehead atoms. The number of hydrogen-bond donors (Lipinski definition) is 1. The highest BCUT2D eigenvalue weighted by atomic mass is 16.5. The van der Waals surface area contributed by atoms with Gasteiger partial charge < -0.3 is 19.3 Å². The predicted molar refractivity (Wildman–Crippen MR) is 109 cm³/mol. The Balaban J connectivity index is 0.000000176. The molecule has 4 saturated carbocycles. The van der Waals surface area contributed by atoms with E-state index in [2.05, 4.69) is 0 Å². The molecule has 0 aromatic rings. The number of carboxylic acid groups (broad SMARTS) is 1. The number of methoxy groups -OCH3 is 3. The van der Waals surface area contributed by atoms with Gasteiger partial charge in [0.2, 0.25) is 0 Å². The zero-order chi connectivity index (χ0) is 22.9. The number of esters is 3. The molecular weight excluding hydrogens is 404 g/mol. The van der Waals surface area contributed by atoms with Crippen LogP contribution in [0.2, 0.25) is 0 Å². The summed E-state index contributed by atoms with van der Waals surface area (Å²) in [7, 11) is 4.22. The molecule has 0 saturated heterocycles. The lowest BCUT2D eigenvalue weighted by atomic mass is 9.69. The van der Waals surface area contributed by atoms with Crippen LogP contribution in [-0.2, 0) is 33.4 Å². The maximum absolute atomic E-state index is 11.8. The van der Waals surface area contributed by atoms with Crippen LogP contribution in [0.15, 0.2) is 0 Å². The largest absolute Gasteiger partial charge is 0.481 e. The maximum Gasteiger partial charge on any atom is 0.311 e. The van der Waals surface area contributed by atoms with E-state index in [0.29, 0.717) is 32.1 Å². The summed E-state index contributed by atoms with van der Waals surface area (Å²) >= 11 is 0. The van der Waals surface area contributed by atoms with E-state index < -0.39 is 27.6 Å². The van der Waals surface area contributed by atoms with Crippen LogP contribution < -0.4 is 0 Å². The monoisotopic (exact) mass is 438 g/mol. The Morgan fingerprint density at radius 3 is 1.16 bits per heavy atom. The van der Waals surface area contributed by atoms with Crippen molar-refractivity contribution in [2.75, 3.05) is 21.3 Å². The number of fused-ring (bicyclic) bond motifs is 4. The summed E-state index contributed by atoms with van der Waals surface area (Å²) in [5, 5.41) is 9.23. The van der Waals surface area contributed by atoms with Gasteiger partial charge in [-0.05, 0) is 64.2 Å². The second kappa shape index (κ2) is 8.43. The van der Waals surface area contributed by atoms with Crippen LogP contribution in [-0.4, -0.2) is 50.3 Å². The third-order valence-corrected chi connectivity index (χ3v) is 8.45. The molecule has 4 fully saturated rings. The first-order valence-corrected chi connectivity index (χ1v) is 11.1. The van der Waals surface area contributed by atoms with Gasteiger partial charge in [0.1, 0.15) is 0 Å². The number of carbonyl (C=O) groups excluding carboxylic acids is 3. The fourth-order valence-corrected chi connectivity index (χ4v) is 6.76. The molecule has 31 heavy (non-hydrogen) atoms. The molecule has 0 spiro atoms. The first-order chi connectivity index (χ1) is 14.6. The molecule has 4 aliphatic rings. The van der Waals surface area contributed by atoms with Crippen LogP contribution in [0.5, 0.6) is 0 Å². The van der Waals surface area contributed by atoms with Crippen molar-refractivity contribution in [3.8, 4) is 0 Å². The van der Waals surface area contributed by atoms with Gasteiger partial charge in [0, 0.05) is 0 Å². The number of carboxylic acids is 1.